The minimum atomic E-state index is 0.0170. The van der Waals surface area contributed by atoms with Crippen LogP contribution in [0.3, 0.4) is 0 Å². The van der Waals surface area contributed by atoms with Crippen LogP contribution in [0.15, 0.2) is 42.5 Å². The van der Waals surface area contributed by atoms with Gasteiger partial charge in [0.15, 0.2) is 17.3 Å². The zero-order chi connectivity index (χ0) is 20.5. The van der Waals surface area contributed by atoms with Crippen molar-refractivity contribution in [2.75, 3.05) is 40.0 Å². The molecule has 0 N–H and O–H groups in total. The van der Waals surface area contributed by atoms with Gasteiger partial charge in [0.05, 0.1) is 12.6 Å². The molecule has 1 fully saturated rings. The molecule has 1 saturated heterocycles. The van der Waals surface area contributed by atoms with Gasteiger partial charge in [-0.3, -0.25) is 4.90 Å². The summed E-state index contributed by atoms with van der Waals surface area (Å²) < 4.78 is 12.9. The van der Waals surface area contributed by atoms with Gasteiger partial charge in [0.2, 0.25) is 6.79 Å². The number of likely N-dealkylation sites (N-methyl/N-ethyl adjacent to an activating group) is 1. The molecule has 0 bridgehead atoms. The van der Waals surface area contributed by atoms with Crippen molar-refractivity contribution in [1.29, 1.82) is 0 Å². The summed E-state index contributed by atoms with van der Waals surface area (Å²) in [5, 5.41) is 12.8. The summed E-state index contributed by atoms with van der Waals surface area (Å²) in [5.41, 5.74) is 3.54. The third-order valence-corrected chi connectivity index (χ3v) is 5.87. The first-order valence-electron chi connectivity index (χ1n) is 10.3. The lowest BCUT2D eigenvalue weighted by molar-refractivity contribution is 0.121. The number of hydrogen-bond donors (Lipinski definition) is 0. The fourth-order valence-corrected chi connectivity index (χ4v) is 4.08. The molecular formula is C22H26N6O2. The van der Waals surface area contributed by atoms with Gasteiger partial charge in [0.25, 0.3) is 0 Å². The van der Waals surface area contributed by atoms with Crippen molar-refractivity contribution >= 4 is 0 Å². The molecule has 0 radical (unpaired) electrons. The Bertz CT molecular complexity index is 1010. The van der Waals surface area contributed by atoms with Crippen molar-refractivity contribution in [3.05, 3.63) is 65.0 Å². The number of aromatic nitrogens is 4. The zero-order valence-electron chi connectivity index (χ0n) is 17.4. The van der Waals surface area contributed by atoms with E-state index in [0.717, 1.165) is 49.1 Å². The molecule has 1 aromatic heterocycles. The number of nitrogens with zero attached hydrogens (tertiary/aromatic N) is 6. The average Bonchev–Trinajstić information content (AvgIpc) is 3.40. The van der Waals surface area contributed by atoms with E-state index >= 15 is 0 Å². The number of aryl methyl sites for hydroxylation is 1. The predicted octanol–water partition coefficient (Wildman–Crippen LogP) is 2.10. The van der Waals surface area contributed by atoms with Gasteiger partial charge in [0.1, 0.15) is 0 Å². The highest BCUT2D eigenvalue weighted by molar-refractivity contribution is 5.44. The summed E-state index contributed by atoms with van der Waals surface area (Å²) in [6.07, 6.45) is 0. The summed E-state index contributed by atoms with van der Waals surface area (Å²) >= 11 is 0. The van der Waals surface area contributed by atoms with E-state index in [1.165, 1.54) is 11.1 Å². The number of hydrogen-bond acceptors (Lipinski definition) is 7. The van der Waals surface area contributed by atoms with Crippen LogP contribution in [0.4, 0.5) is 0 Å². The quantitative estimate of drug-likeness (QED) is 0.643. The first-order valence-corrected chi connectivity index (χ1v) is 10.3. The Morgan fingerprint density at radius 3 is 2.53 bits per heavy atom. The van der Waals surface area contributed by atoms with Crippen LogP contribution in [0.2, 0.25) is 0 Å². The lowest BCUT2D eigenvalue weighted by Crippen LogP contribution is -2.46. The zero-order valence-corrected chi connectivity index (χ0v) is 17.4. The topological polar surface area (TPSA) is 68.5 Å². The van der Waals surface area contributed by atoms with E-state index in [4.69, 9.17) is 9.47 Å². The van der Waals surface area contributed by atoms with E-state index in [1.54, 1.807) is 0 Å². The molecular weight excluding hydrogens is 380 g/mol. The molecule has 8 heteroatoms. The van der Waals surface area contributed by atoms with Crippen LogP contribution in [0, 0.1) is 6.92 Å². The van der Waals surface area contributed by atoms with Crippen LogP contribution >= 0.6 is 0 Å². The maximum Gasteiger partial charge on any atom is 0.231 e. The molecule has 3 aromatic rings. The first kappa shape index (κ1) is 19.0. The maximum atomic E-state index is 5.53. The molecule has 0 aliphatic carbocycles. The van der Waals surface area contributed by atoms with Crippen LogP contribution in [0.5, 0.6) is 11.5 Å². The Labute approximate surface area is 176 Å². The molecule has 1 unspecified atom stereocenters. The van der Waals surface area contributed by atoms with Gasteiger partial charge in [-0.1, -0.05) is 35.9 Å². The Hall–Kier alpha value is -2.97. The number of benzene rings is 2. The molecule has 30 heavy (non-hydrogen) atoms. The first-order chi connectivity index (χ1) is 14.7. The molecule has 5 rings (SSSR count). The second kappa shape index (κ2) is 8.04. The van der Waals surface area contributed by atoms with E-state index in [2.05, 4.69) is 63.6 Å². The van der Waals surface area contributed by atoms with Crippen LogP contribution in [-0.2, 0) is 6.54 Å². The molecule has 0 amide bonds. The van der Waals surface area contributed by atoms with Crippen molar-refractivity contribution in [1.82, 2.24) is 30.0 Å². The minimum absolute atomic E-state index is 0.0170. The van der Waals surface area contributed by atoms with Gasteiger partial charge in [0, 0.05) is 26.2 Å². The van der Waals surface area contributed by atoms with Crippen LogP contribution in [0.1, 0.15) is 28.6 Å². The Kier molecular flexibility index (Phi) is 5.10. The molecule has 3 heterocycles. The van der Waals surface area contributed by atoms with Gasteiger partial charge in [-0.05, 0) is 47.7 Å². The van der Waals surface area contributed by atoms with Gasteiger partial charge in [-0.25, -0.2) is 4.68 Å². The average molecular weight is 406 g/mol. The number of rotatable bonds is 5. The molecule has 1 atom stereocenters. The summed E-state index contributed by atoms with van der Waals surface area (Å²) in [6, 6.07) is 14.7. The number of piperazine rings is 1. The molecule has 2 aliphatic rings. The summed E-state index contributed by atoms with van der Waals surface area (Å²) in [5.74, 6) is 2.42. The number of tetrazole rings is 1. The van der Waals surface area contributed by atoms with Gasteiger partial charge < -0.3 is 14.4 Å². The Balaban J connectivity index is 1.47. The van der Waals surface area contributed by atoms with Gasteiger partial charge in [-0.2, -0.15) is 0 Å². The van der Waals surface area contributed by atoms with Crippen LogP contribution in [0.25, 0.3) is 0 Å². The second-order valence-electron chi connectivity index (χ2n) is 8.03. The van der Waals surface area contributed by atoms with E-state index in [0.29, 0.717) is 6.54 Å². The normalized spacial score (nSPS) is 17.9. The van der Waals surface area contributed by atoms with Crippen molar-refractivity contribution < 1.29 is 9.47 Å². The highest BCUT2D eigenvalue weighted by atomic mass is 16.7. The van der Waals surface area contributed by atoms with Crippen molar-refractivity contribution in [3.8, 4) is 11.5 Å². The van der Waals surface area contributed by atoms with E-state index in [9.17, 15) is 0 Å². The summed E-state index contributed by atoms with van der Waals surface area (Å²) in [7, 11) is 2.17. The monoisotopic (exact) mass is 406 g/mol. The maximum absolute atomic E-state index is 5.53. The Morgan fingerprint density at radius 2 is 1.73 bits per heavy atom. The van der Waals surface area contributed by atoms with E-state index in [1.807, 2.05) is 22.9 Å². The van der Waals surface area contributed by atoms with E-state index in [-0.39, 0.29) is 12.8 Å². The van der Waals surface area contributed by atoms with Crippen LogP contribution in [-0.4, -0.2) is 70.0 Å². The third-order valence-electron chi connectivity index (χ3n) is 5.87. The highest BCUT2D eigenvalue weighted by Gasteiger charge is 2.30. The van der Waals surface area contributed by atoms with Crippen molar-refractivity contribution in [2.24, 2.45) is 0 Å². The summed E-state index contributed by atoms with van der Waals surface area (Å²) in [6.45, 7) is 6.98. The Morgan fingerprint density at radius 1 is 0.967 bits per heavy atom. The third kappa shape index (κ3) is 3.76. The molecule has 0 spiro atoms. The number of ether oxygens (including phenoxy) is 2. The van der Waals surface area contributed by atoms with Crippen LogP contribution < -0.4 is 9.47 Å². The van der Waals surface area contributed by atoms with Gasteiger partial charge >= 0.3 is 0 Å². The second-order valence-corrected chi connectivity index (χ2v) is 8.03. The smallest absolute Gasteiger partial charge is 0.231 e. The van der Waals surface area contributed by atoms with E-state index < -0.39 is 0 Å². The van der Waals surface area contributed by atoms with Gasteiger partial charge in [-0.15, -0.1) is 5.10 Å². The molecule has 156 valence electrons. The summed E-state index contributed by atoms with van der Waals surface area (Å²) in [4.78, 5) is 4.84. The lowest BCUT2D eigenvalue weighted by Gasteiger charge is -2.37. The lowest BCUT2D eigenvalue weighted by atomic mass is 10.0. The largest absolute Gasteiger partial charge is 0.454 e. The highest BCUT2D eigenvalue weighted by Crippen LogP contribution is 2.33. The SMILES string of the molecule is Cc1ccc(C(c2nnnn2Cc2ccc3c(c2)OCO3)N2CCN(C)CC2)cc1. The molecule has 2 aromatic carbocycles. The van der Waals surface area contributed by atoms with Crippen molar-refractivity contribution in [3.63, 3.8) is 0 Å². The molecule has 2 aliphatic heterocycles. The predicted molar refractivity (Wildman–Crippen MR) is 112 cm³/mol. The fraction of sp³-hybridized carbons (Fsp3) is 0.409. The fourth-order valence-electron chi connectivity index (χ4n) is 4.08. The minimum Gasteiger partial charge on any atom is -0.454 e. The number of fused-ring (bicyclic) bond motifs is 1. The molecule has 8 nitrogen and oxygen atoms in total. The van der Waals surface area contributed by atoms with Crippen molar-refractivity contribution in [2.45, 2.75) is 19.5 Å². The molecule has 0 saturated carbocycles. The standard InChI is InChI=1S/C22H26N6O2/c1-16-3-6-18(7-4-16)21(27-11-9-26(2)10-12-27)22-23-24-25-28(22)14-17-5-8-19-20(13-17)30-15-29-19/h3-8,13,21H,9-12,14-15H2,1-2H3.